The molecule has 1 aromatic rings. The van der Waals surface area contributed by atoms with Crippen molar-refractivity contribution in [1.82, 2.24) is 19.6 Å². The molecule has 2 saturated heterocycles. The maximum atomic E-state index is 12.5. The molecule has 0 radical (unpaired) electrons. The van der Waals surface area contributed by atoms with Crippen LogP contribution in [0.3, 0.4) is 0 Å². The van der Waals surface area contributed by atoms with Crippen molar-refractivity contribution in [2.45, 2.75) is 13.3 Å². The predicted molar refractivity (Wildman–Crippen MR) is 112 cm³/mol. The van der Waals surface area contributed by atoms with E-state index in [1.165, 1.54) is 12.5 Å². The molecule has 0 aliphatic carbocycles. The largest absolute Gasteiger partial charge is 0.340 e. The van der Waals surface area contributed by atoms with Crippen LogP contribution in [0.1, 0.15) is 18.9 Å². The van der Waals surface area contributed by atoms with Gasteiger partial charge in [-0.2, -0.15) is 0 Å². The van der Waals surface area contributed by atoms with Crippen molar-refractivity contribution in [2.24, 2.45) is 0 Å². The van der Waals surface area contributed by atoms with Crippen molar-refractivity contribution in [3.63, 3.8) is 0 Å². The Morgan fingerprint density at radius 3 is 1.86 bits per heavy atom. The van der Waals surface area contributed by atoms with Crippen LogP contribution in [0.5, 0.6) is 0 Å². The number of carbonyl (C=O) groups is 3. The highest BCUT2D eigenvalue weighted by Crippen LogP contribution is 2.09. The molecule has 3 rings (SSSR count). The van der Waals surface area contributed by atoms with Gasteiger partial charge in [-0.25, -0.2) is 0 Å². The third-order valence-corrected chi connectivity index (χ3v) is 5.58. The molecule has 0 aromatic heterocycles. The number of piperazine rings is 2. The average Bonchev–Trinajstić information content (AvgIpc) is 2.75. The molecule has 2 aliphatic rings. The lowest BCUT2D eigenvalue weighted by atomic mass is 10.2. The van der Waals surface area contributed by atoms with E-state index >= 15 is 0 Å². The lowest BCUT2D eigenvalue weighted by Gasteiger charge is -2.36. The lowest BCUT2D eigenvalue weighted by Crippen LogP contribution is -2.52. The zero-order valence-corrected chi connectivity index (χ0v) is 17.1. The van der Waals surface area contributed by atoms with Crippen LogP contribution in [0.4, 0.5) is 0 Å². The Labute approximate surface area is 172 Å². The summed E-state index contributed by atoms with van der Waals surface area (Å²) < 4.78 is 0. The number of rotatable bonds is 5. The smallest absolute Gasteiger partial charge is 0.232 e. The van der Waals surface area contributed by atoms with Gasteiger partial charge in [-0.3, -0.25) is 19.3 Å². The van der Waals surface area contributed by atoms with Crippen LogP contribution >= 0.6 is 0 Å². The topological polar surface area (TPSA) is 64.2 Å². The molecule has 1 aromatic carbocycles. The van der Waals surface area contributed by atoms with Crippen molar-refractivity contribution in [3.05, 3.63) is 42.0 Å². The first-order valence-electron chi connectivity index (χ1n) is 10.3. The van der Waals surface area contributed by atoms with Crippen LogP contribution in [0, 0.1) is 0 Å². The summed E-state index contributed by atoms with van der Waals surface area (Å²) in [5, 5.41) is 0. The van der Waals surface area contributed by atoms with Gasteiger partial charge in [0.1, 0.15) is 6.42 Å². The van der Waals surface area contributed by atoms with E-state index in [9.17, 15) is 14.4 Å². The van der Waals surface area contributed by atoms with E-state index in [1.807, 2.05) is 18.2 Å². The van der Waals surface area contributed by atoms with Crippen molar-refractivity contribution in [3.8, 4) is 0 Å². The maximum Gasteiger partial charge on any atom is 0.232 e. The Balaban J connectivity index is 1.37. The second kappa shape index (κ2) is 10.2. The summed E-state index contributed by atoms with van der Waals surface area (Å²) in [7, 11) is 0. The minimum atomic E-state index is -0.133. The molecule has 7 nitrogen and oxygen atoms in total. The molecule has 2 aliphatic heterocycles. The molecule has 0 bridgehead atoms. The Hall–Kier alpha value is -2.67. The van der Waals surface area contributed by atoms with Crippen molar-refractivity contribution >= 4 is 23.8 Å². The number of hydrogen-bond acceptors (Lipinski definition) is 4. The lowest BCUT2D eigenvalue weighted by molar-refractivity contribution is -0.144. The van der Waals surface area contributed by atoms with E-state index in [1.54, 1.807) is 14.7 Å². The minimum absolute atomic E-state index is 0.0321. The van der Waals surface area contributed by atoms with Crippen molar-refractivity contribution < 1.29 is 14.4 Å². The quantitative estimate of drug-likeness (QED) is 0.692. The standard InChI is InChI=1S/C22H30N4O3/c1-19(27)24-14-16-26(17-15-24)22(29)18-21(28)25-12-10-23(11-13-25)9-5-8-20-6-3-2-4-7-20/h2-8H,9-18H2,1H3/b8-5+. The molecule has 156 valence electrons. The molecule has 7 heteroatoms. The average molecular weight is 399 g/mol. The monoisotopic (exact) mass is 398 g/mol. The molecule has 0 spiro atoms. The molecule has 0 saturated carbocycles. The van der Waals surface area contributed by atoms with E-state index < -0.39 is 0 Å². The zero-order valence-electron chi connectivity index (χ0n) is 17.1. The summed E-state index contributed by atoms with van der Waals surface area (Å²) in [4.78, 5) is 43.8. The summed E-state index contributed by atoms with van der Waals surface area (Å²) in [5.41, 5.74) is 1.18. The highest BCUT2D eigenvalue weighted by molar-refractivity contribution is 5.97. The van der Waals surface area contributed by atoms with Gasteiger partial charge >= 0.3 is 0 Å². The summed E-state index contributed by atoms with van der Waals surface area (Å²) >= 11 is 0. The van der Waals surface area contributed by atoms with Gasteiger partial charge in [0.05, 0.1) is 0 Å². The van der Waals surface area contributed by atoms with Crippen LogP contribution in [0.15, 0.2) is 36.4 Å². The van der Waals surface area contributed by atoms with Crippen molar-refractivity contribution in [1.29, 1.82) is 0 Å². The fourth-order valence-electron chi connectivity index (χ4n) is 3.71. The Kier molecular flexibility index (Phi) is 7.41. The number of amides is 3. The van der Waals surface area contributed by atoms with Gasteiger partial charge < -0.3 is 14.7 Å². The molecule has 29 heavy (non-hydrogen) atoms. The third kappa shape index (κ3) is 6.15. The van der Waals surface area contributed by atoms with Gasteiger partial charge in [0.2, 0.25) is 17.7 Å². The van der Waals surface area contributed by atoms with E-state index in [-0.39, 0.29) is 24.1 Å². The molecule has 0 N–H and O–H groups in total. The highest BCUT2D eigenvalue weighted by Gasteiger charge is 2.27. The molecule has 0 unspecified atom stereocenters. The summed E-state index contributed by atoms with van der Waals surface area (Å²) in [6.45, 7) is 7.45. The number of benzene rings is 1. The summed E-state index contributed by atoms with van der Waals surface area (Å²) in [6.07, 6.45) is 4.19. The first kappa shape index (κ1) is 21.0. The molecule has 0 atom stereocenters. The molecular formula is C22H30N4O3. The zero-order chi connectivity index (χ0) is 20.6. The normalized spacial score (nSPS) is 18.3. The fraction of sp³-hybridized carbons (Fsp3) is 0.500. The van der Waals surface area contributed by atoms with Gasteiger partial charge in [-0.15, -0.1) is 0 Å². The molecule has 2 heterocycles. The molecular weight excluding hydrogens is 368 g/mol. The minimum Gasteiger partial charge on any atom is -0.340 e. The fourth-order valence-corrected chi connectivity index (χ4v) is 3.71. The first-order chi connectivity index (χ1) is 14.0. The van der Waals surface area contributed by atoms with E-state index in [4.69, 9.17) is 0 Å². The Bertz CT molecular complexity index is 734. The van der Waals surface area contributed by atoms with Crippen LogP contribution < -0.4 is 0 Å². The van der Waals surface area contributed by atoms with Gasteiger partial charge in [0.25, 0.3) is 0 Å². The second-order valence-electron chi connectivity index (χ2n) is 7.56. The van der Waals surface area contributed by atoms with Gasteiger partial charge in [-0.1, -0.05) is 42.5 Å². The van der Waals surface area contributed by atoms with Crippen LogP contribution in [0.25, 0.3) is 6.08 Å². The number of hydrogen-bond donors (Lipinski definition) is 0. The SMILES string of the molecule is CC(=O)N1CCN(C(=O)CC(=O)N2CCN(C/C=C/c3ccccc3)CC2)CC1. The number of carbonyl (C=O) groups excluding carboxylic acids is 3. The van der Waals surface area contributed by atoms with Crippen molar-refractivity contribution in [2.75, 3.05) is 58.9 Å². The predicted octanol–water partition coefficient (Wildman–Crippen LogP) is 0.925. The van der Waals surface area contributed by atoms with Crippen LogP contribution in [-0.2, 0) is 14.4 Å². The first-order valence-corrected chi connectivity index (χ1v) is 10.3. The van der Waals surface area contributed by atoms with Gasteiger partial charge in [0.15, 0.2) is 0 Å². The third-order valence-electron chi connectivity index (χ3n) is 5.58. The van der Waals surface area contributed by atoms with Crippen LogP contribution in [-0.4, -0.2) is 96.2 Å². The number of nitrogens with zero attached hydrogens (tertiary/aromatic N) is 4. The molecule has 2 fully saturated rings. The van der Waals surface area contributed by atoms with Crippen LogP contribution in [0.2, 0.25) is 0 Å². The molecule has 3 amide bonds. The summed E-state index contributed by atoms with van der Waals surface area (Å²) in [6, 6.07) is 10.2. The second-order valence-corrected chi connectivity index (χ2v) is 7.56. The maximum absolute atomic E-state index is 12.5. The Morgan fingerprint density at radius 1 is 0.793 bits per heavy atom. The van der Waals surface area contributed by atoms with Gasteiger partial charge in [-0.05, 0) is 5.56 Å². The van der Waals surface area contributed by atoms with E-state index in [0.29, 0.717) is 39.3 Å². The Morgan fingerprint density at radius 2 is 1.31 bits per heavy atom. The van der Waals surface area contributed by atoms with Gasteiger partial charge in [0, 0.05) is 65.8 Å². The van der Waals surface area contributed by atoms with E-state index in [2.05, 4.69) is 29.2 Å². The summed E-state index contributed by atoms with van der Waals surface area (Å²) in [5.74, 6) is -0.195. The highest BCUT2D eigenvalue weighted by atomic mass is 16.2. The van der Waals surface area contributed by atoms with E-state index in [0.717, 1.165) is 19.6 Å².